The molecule has 0 saturated heterocycles. The van der Waals surface area contributed by atoms with E-state index in [9.17, 15) is 9.59 Å². The Labute approximate surface area is 177 Å². The highest BCUT2D eigenvalue weighted by molar-refractivity contribution is 14.1. The summed E-state index contributed by atoms with van der Waals surface area (Å²) in [4.78, 5) is 24.8. The van der Waals surface area contributed by atoms with Crippen molar-refractivity contribution >= 4 is 50.8 Å². The van der Waals surface area contributed by atoms with Gasteiger partial charge in [-0.25, -0.2) is 4.79 Å². The molecule has 3 N–H and O–H groups in total. The van der Waals surface area contributed by atoms with Crippen molar-refractivity contribution in [2.75, 3.05) is 15.5 Å². The Balaban J connectivity index is 2.37. The second-order valence-electron chi connectivity index (χ2n) is 6.62. The number of carbonyl (C=O) groups excluding carboxylic acids is 1. The molecule has 0 unspecified atom stereocenters. The smallest absolute Gasteiger partial charge is 0.344 e. The second kappa shape index (κ2) is 8.34. The van der Waals surface area contributed by atoms with Gasteiger partial charge >= 0.3 is 5.63 Å². The predicted octanol–water partition coefficient (Wildman–Crippen LogP) is 4.85. The van der Waals surface area contributed by atoms with E-state index in [1.165, 1.54) is 0 Å². The van der Waals surface area contributed by atoms with Gasteiger partial charge in [0.1, 0.15) is 5.58 Å². The molecule has 0 aliphatic carbocycles. The minimum atomic E-state index is -0.438. The summed E-state index contributed by atoms with van der Waals surface area (Å²) in [6.45, 7) is 6.08. The summed E-state index contributed by atoms with van der Waals surface area (Å²) < 4.78 is 6.02. The lowest BCUT2D eigenvalue weighted by Gasteiger charge is -2.17. The lowest BCUT2D eigenvalue weighted by atomic mass is 9.91. The molecule has 0 radical (unpaired) electrons. The van der Waals surface area contributed by atoms with Crippen molar-refractivity contribution in [2.45, 2.75) is 33.6 Å². The summed E-state index contributed by atoms with van der Waals surface area (Å²) >= 11 is 2.01. The van der Waals surface area contributed by atoms with Gasteiger partial charge in [0, 0.05) is 28.4 Å². The van der Waals surface area contributed by atoms with Gasteiger partial charge in [-0.2, -0.15) is 0 Å². The summed E-state index contributed by atoms with van der Waals surface area (Å²) in [5, 5.41) is 3.80. The van der Waals surface area contributed by atoms with Crippen LogP contribution in [0.25, 0.3) is 22.1 Å². The molecule has 6 heteroatoms. The fraction of sp³-hybridized carbons (Fsp3) is 0.273. The molecule has 28 heavy (non-hydrogen) atoms. The molecule has 0 fully saturated rings. The Morgan fingerprint density at radius 3 is 2.50 bits per heavy atom. The topological polar surface area (TPSA) is 85.3 Å². The highest BCUT2D eigenvalue weighted by Gasteiger charge is 2.20. The molecule has 146 valence electrons. The number of nitrogens with two attached hydrogens (primary N) is 1. The molecule has 0 saturated carbocycles. The number of anilines is 2. The minimum absolute atomic E-state index is 0.119. The van der Waals surface area contributed by atoms with E-state index in [1.807, 2.05) is 47.7 Å². The molecule has 5 nitrogen and oxygen atoms in total. The Bertz CT molecular complexity index is 1120. The highest BCUT2D eigenvalue weighted by Crippen LogP contribution is 2.36. The number of fused-ring (bicyclic) bond motifs is 1. The van der Waals surface area contributed by atoms with Gasteiger partial charge in [-0.1, -0.05) is 54.6 Å². The molecule has 1 heterocycles. The molecule has 0 bridgehead atoms. The molecule has 0 aliphatic heterocycles. The lowest BCUT2D eigenvalue weighted by Crippen LogP contribution is -2.15. The quantitative estimate of drug-likeness (QED) is 0.232. The number of halogens is 1. The number of hydrogen-bond acceptors (Lipinski definition) is 4. The third-order valence-electron chi connectivity index (χ3n) is 5.00. The van der Waals surface area contributed by atoms with Gasteiger partial charge in [0.2, 0.25) is 5.91 Å². The normalized spacial score (nSPS) is 11.0. The third kappa shape index (κ3) is 3.53. The van der Waals surface area contributed by atoms with Crippen molar-refractivity contribution in [3.8, 4) is 11.1 Å². The van der Waals surface area contributed by atoms with Crippen LogP contribution in [-0.2, 0) is 17.6 Å². The number of alkyl halides is 1. The van der Waals surface area contributed by atoms with Crippen LogP contribution >= 0.6 is 22.6 Å². The van der Waals surface area contributed by atoms with E-state index in [0.29, 0.717) is 32.5 Å². The van der Waals surface area contributed by atoms with E-state index >= 15 is 0 Å². The molecule has 2 aromatic carbocycles. The minimum Gasteiger partial charge on any atom is -0.422 e. The van der Waals surface area contributed by atoms with Crippen molar-refractivity contribution in [2.24, 2.45) is 0 Å². The highest BCUT2D eigenvalue weighted by atomic mass is 127. The van der Waals surface area contributed by atoms with Crippen LogP contribution in [0.5, 0.6) is 0 Å². The van der Waals surface area contributed by atoms with Crippen LogP contribution in [0.15, 0.2) is 39.5 Å². The zero-order chi connectivity index (χ0) is 20.4. The van der Waals surface area contributed by atoms with Gasteiger partial charge in [0.25, 0.3) is 0 Å². The number of hydrogen-bond donors (Lipinski definition) is 2. The molecule has 1 amide bonds. The molecule has 0 spiro atoms. The molecule has 0 atom stereocenters. The monoisotopic (exact) mass is 490 g/mol. The van der Waals surface area contributed by atoms with Gasteiger partial charge in [0.05, 0.1) is 9.99 Å². The van der Waals surface area contributed by atoms with E-state index in [1.54, 1.807) is 12.1 Å². The van der Waals surface area contributed by atoms with Crippen LogP contribution in [0.2, 0.25) is 0 Å². The maximum Gasteiger partial charge on any atom is 0.344 e. The average molecular weight is 490 g/mol. The fourth-order valence-corrected chi connectivity index (χ4v) is 4.00. The molecule has 3 aromatic rings. The van der Waals surface area contributed by atoms with Crippen LogP contribution in [0, 0.1) is 6.92 Å². The lowest BCUT2D eigenvalue weighted by molar-refractivity contribution is -0.113. The van der Waals surface area contributed by atoms with Crippen molar-refractivity contribution in [1.82, 2.24) is 0 Å². The van der Waals surface area contributed by atoms with Crippen LogP contribution < -0.4 is 16.7 Å². The van der Waals surface area contributed by atoms with Crippen LogP contribution in [-0.4, -0.2) is 10.3 Å². The molecule has 0 aliphatic rings. The van der Waals surface area contributed by atoms with Crippen molar-refractivity contribution in [3.63, 3.8) is 0 Å². The Morgan fingerprint density at radius 2 is 1.86 bits per heavy atom. The van der Waals surface area contributed by atoms with Crippen LogP contribution in [0.1, 0.15) is 30.5 Å². The van der Waals surface area contributed by atoms with Gasteiger partial charge in [0.15, 0.2) is 0 Å². The van der Waals surface area contributed by atoms with E-state index in [-0.39, 0.29) is 5.91 Å². The van der Waals surface area contributed by atoms with Gasteiger partial charge in [-0.05, 0) is 42.5 Å². The number of benzene rings is 2. The summed E-state index contributed by atoms with van der Waals surface area (Å²) in [5.41, 5.74) is 11.7. The predicted molar refractivity (Wildman–Crippen MR) is 123 cm³/mol. The number of aryl methyl sites for hydroxylation is 2. The molecule has 1 aromatic heterocycles. The Kier molecular flexibility index (Phi) is 6.07. The summed E-state index contributed by atoms with van der Waals surface area (Å²) in [6, 6.07) is 9.05. The van der Waals surface area contributed by atoms with E-state index in [4.69, 9.17) is 10.2 Å². The van der Waals surface area contributed by atoms with E-state index < -0.39 is 5.63 Å². The number of nitrogens with one attached hydrogen (secondary N) is 1. The summed E-state index contributed by atoms with van der Waals surface area (Å²) in [7, 11) is 0. The molecular formula is C22H23IN2O3. The van der Waals surface area contributed by atoms with Crippen molar-refractivity contribution in [1.29, 1.82) is 0 Å². The standard InChI is InChI=1S/C22H23IN2O3/c1-4-13-14(5-2)20-12(3)21(22(27)28-18(20)10-16(13)24)15-8-6-7-9-17(15)25-19(26)11-23/h6-10H,4-5,11,24H2,1-3H3,(H,25,26). The maximum atomic E-state index is 12.9. The average Bonchev–Trinajstić information content (AvgIpc) is 2.67. The number of amides is 1. The maximum absolute atomic E-state index is 12.9. The molecule has 3 rings (SSSR count). The second-order valence-corrected chi connectivity index (χ2v) is 7.38. The van der Waals surface area contributed by atoms with E-state index in [0.717, 1.165) is 34.9 Å². The van der Waals surface area contributed by atoms with Crippen molar-refractivity contribution in [3.05, 3.63) is 57.4 Å². The number of nitrogen functional groups attached to an aromatic ring is 1. The zero-order valence-electron chi connectivity index (χ0n) is 16.2. The Morgan fingerprint density at radius 1 is 1.18 bits per heavy atom. The van der Waals surface area contributed by atoms with Crippen LogP contribution in [0.4, 0.5) is 11.4 Å². The zero-order valence-corrected chi connectivity index (χ0v) is 18.3. The third-order valence-corrected chi connectivity index (χ3v) is 5.70. The summed E-state index contributed by atoms with van der Waals surface area (Å²) in [5.74, 6) is -0.119. The molecular weight excluding hydrogens is 467 g/mol. The first kappa shape index (κ1) is 20.4. The first-order valence-electron chi connectivity index (χ1n) is 9.25. The van der Waals surface area contributed by atoms with E-state index in [2.05, 4.69) is 19.2 Å². The first-order valence-corrected chi connectivity index (χ1v) is 10.8. The van der Waals surface area contributed by atoms with Gasteiger partial charge in [-0.3, -0.25) is 4.79 Å². The Hall–Kier alpha value is -2.35. The number of rotatable bonds is 5. The number of carbonyl (C=O) groups is 1. The van der Waals surface area contributed by atoms with Gasteiger partial charge < -0.3 is 15.5 Å². The van der Waals surface area contributed by atoms with Crippen molar-refractivity contribution < 1.29 is 9.21 Å². The SMILES string of the molecule is CCc1c(N)cc2oc(=O)c(-c3ccccc3NC(=O)CI)c(C)c2c1CC. The first-order chi connectivity index (χ1) is 13.4. The fourth-order valence-electron chi connectivity index (χ4n) is 3.81. The largest absolute Gasteiger partial charge is 0.422 e. The van der Waals surface area contributed by atoms with Crippen LogP contribution in [0.3, 0.4) is 0 Å². The number of para-hydroxylation sites is 1. The van der Waals surface area contributed by atoms with Gasteiger partial charge in [-0.15, -0.1) is 0 Å². The summed E-state index contributed by atoms with van der Waals surface area (Å²) in [6.07, 6.45) is 1.59.